The minimum Gasteiger partial charge on any atom is -0.385 e. The Labute approximate surface area is 123 Å². The van der Waals surface area contributed by atoms with Gasteiger partial charge in [-0.15, -0.1) is 0 Å². The number of nitrogens with one attached hydrogen (secondary N) is 1. The number of fused-ring (bicyclic) bond motifs is 1. The predicted molar refractivity (Wildman–Crippen MR) is 86.1 cm³/mol. The molecule has 1 aromatic heterocycles. The highest BCUT2D eigenvalue weighted by Crippen LogP contribution is 2.34. The van der Waals surface area contributed by atoms with Crippen molar-refractivity contribution in [2.45, 2.75) is 6.92 Å². The highest BCUT2D eigenvalue weighted by Gasteiger charge is 2.10. The van der Waals surface area contributed by atoms with Gasteiger partial charge in [-0.2, -0.15) is 5.26 Å². The highest BCUT2D eigenvalue weighted by atomic mass is 14.9. The molecule has 3 nitrogen and oxygen atoms in total. The Morgan fingerprint density at radius 3 is 2.62 bits per heavy atom. The number of nitriles is 1. The molecule has 3 rings (SSSR count). The van der Waals surface area contributed by atoms with Crippen LogP contribution in [0.2, 0.25) is 0 Å². The Morgan fingerprint density at radius 1 is 1.05 bits per heavy atom. The van der Waals surface area contributed by atoms with Crippen molar-refractivity contribution in [1.82, 2.24) is 4.98 Å². The number of anilines is 1. The van der Waals surface area contributed by atoms with Crippen LogP contribution in [0, 0.1) is 11.3 Å². The predicted octanol–water partition coefficient (Wildman–Crippen LogP) is 4.21. The van der Waals surface area contributed by atoms with Crippen LogP contribution in [0.3, 0.4) is 0 Å². The first-order valence-electron chi connectivity index (χ1n) is 6.95. The van der Waals surface area contributed by atoms with Gasteiger partial charge < -0.3 is 5.32 Å². The molecule has 2 aromatic carbocycles. The van der Waals surface area contributed by atoms with Gasteiger partial charge in [0, 0.05) is 35.6 Å². The number of hydrogen-bond donors (Lipinski definition) is 1. The summed E-state index contributed by atoms with van der Waals surface area (Å²) in [5.74, 6) is 0. The van der Waals surface area contributed by atoms with Crippen LogP contribution in [0.5, 0.6) is 0 Å². The number of aromatic nitrogens is 1. The van der Waals surface area contributed by atoms with Crippen molar-refractivity contribution < 1.29 is 0 Å². The number of pyridine rings is 1. The Morgan fingerprint density at radius 2 is 1.86 bits per heavy atom. The standard InChI is InChI=1S/C18H15N3/c1-2-21-18-9-10-20-12-17(18)16-8-7-13(11-19)14-5-3-4-6-15(14)16/h3-10,12H,2H2,1H3,(H,20,21). The molecule has 0 aliphatic heterocycles. The smallest absolute Gasteiger partial charge is 0.0998 e. The van der Waals surface area contributed by atoms with Crippen molar-refractivity contribution in [2.75, 3.05) is 11.9 Å². The van der Waals surface area contributed by atoms with Gasteiger partial charge in [-0.25, -0.2) is 0 Å². The summed E-state index contributed by atoms with van der Waals surface area (Å²) in [7, 11) is 0. The summed E-state index contributed by atoms with van der Waals surface area (Å²) in [6.45, 7) is 2.92. The number of hydrogen-bond acceptors (Lipinski definition) is 3. The molecule has 0 spiro atoms. The molecule has 0 saturated carbocycles. The van der Waals surface area contributed by atoms with Crippen molar-refractivity contribution in [3.63, 3.8) is 0 Å². The van der Waals surface area contributed by atoms with E-state index in [4.69, 9.17) is 0 Å². The monoisotopic (exact) mass is 273 g/mol. The SMILES string of the molecule is CCNc1ccncc1-c1ccc(C#N)c2ccccc12. The normalized spacial score (nSPS) is 10.3. The van der Waals surface area contributed by atoms with E-state index in [0.717, 1.165) is 34.1 Å². The maximum absolute atomic E-state index is 9.26. The van der Waals surface area contributed by atoms with Gasteiger partial charge in [0.1, 0.15) is 0 Å². The van der Waals surface area contributed by atoms with Crippen molar-refractivity contribution in [1.29, 1.82) is 5.26 Å². The molecule has 0 radical (unpaired) electrons. The summed E-state index contributed by atoms with van der Waals surface area (Å²) in [5, 5.41) is 14.7. The summed E-state index contributed by atoms with van der Waals surface area (Å²) in [4.78, 5) is 4.25. The molecule has 1 heterocycles. The van der Waals surface area contributed by atoms with E-state index in [1.54, 1.807) is 6.20 Å². The molecule has 0 unspecified atom stereocenters. The van der Waals surface area contributed by atoms with E-state index in [1.807, 2.05) is 48.7 Å². The zero-order chi connectivity index (χ0) is 14.7. The molecular formula is C18H15N3. The summed E-state index contributed by atoms with van der Waals surface area (Å²) in [6.07, 6.45) is 3.65. The minimum atomic E-state index is 0.697. The second-order valence-electron chi connectivity index (χ2n) is 4.77. The van der Waals surface area contributed by atoms with E-state index in [-0.39, 0.29) is 0 Å². The third kappa shape index (κ3) is 2.32. The third-order valence-electron chi connectivity index (χ3n) is 3.52. The van der Waals surface area contributed by atoms with Crippen molar-refractivity contribution in [3.8, 4) is 17.2 Å². The zero-order valence-corrected chi connectivity index (χ0v) is 11.8. The van der Waals surface area contributed by atoms with Crippen LogP contribution in [0.4, 0.5) is 5.69 Å². The third-order valence-corrected chi connectivity index (χ3v) is 3.52. The lowest BCUT2D eigenvalue weighted by Crippen LogP contribution is -1.99. The Kier molecular flexibility index (Phi) is 3.53. The molecule has 0 aliphatic rings. The molecule has 3 heteroatoms. The molecule has 0 atom stereocenters. The number of rotatable bonds is 3. The first kappa shape index (κ1) is 13.1. The quantitative estimate of drug-likeness (QED) is 0.777. The van der Waals surface area contributed by atoms with Gasteiger partial charge in [0.25, 0.3) is 0 Å². The first-order chi connectivity index (χ1) is 10.3. The van der Waals surface area contributed by atoms with Gasteiger partial charge in [-0.05, 0) is 30.0 Å². The largest absolute Gasteiger partial charge is 0.385 e. The van der Waals surface area contributed by atoms with Gasteiger partial charge in [0.2, 0.25) is 0 Å². The summed E-state index contributed by atoms with van der Waals surface area (Å²) in [6, 6.07) is 16.1. The molecule has 0 amide bonds. The van der Waals surface area contributed by atoms with Gasteiger partial charge in [-0.3, -0.25) is 4.98 Å². The van der Waals surface area contributed by atoms with Crippen LogP contribution >= 0.6 is 0 Å². The van der Waals surface area contributed by atoms with E-state index in [0.29, 0.717) is 5.56 Å². The molecule has 0 bridgehead atoms. The maximum Gasteiger partial charge on any atom is 0.0998 e. The van der Waals surface area contributed by atoms with Crippen molar-refractivity contribution in [3.05, 3.63) is 60.4 Å². The lowest BCUT2D eigenvalue weighted by molar-refractivity contribution is 1.20. The minimum absolute atomic E-state index is 0.697. The van der Waals surface area contributed by atoms with Crippen molar-refractivity contribution >= 4 is 16.5 Å². The van der Waals surface area contributed by atoms with Gasteiger partial charge >= 0.3 is 0 Å². The van der Waals surface area contributed by atoms with Crippen LogP contribution in [-0.2, 0) is 0 Å². The molecular weight excluding hydrogens is 258 g/mol. The van der Waals surface area contributed by atoms with E-state index < -0.39 is 0 Å². The Bertz CT molecular complexity index is 831. The van der Waals surface area contributed by atoms with Crippen LogP contribution in [0.25, 0.3) is 21.9 Å². The van der Waals surface area contributed by atoms with Gasteiger partial charge in [0.15, 0.2) is 0 Å². The van der Waals surface area contributed by atoms with Crippen LogP contribution in [0.15, 0.2) is 54.9 Å². The van der Waals surface area contributed by atoms with Gasteiger partial charge in [0.05, 0.1) is 11.6 Å². The number of nitrogens with zero attached hydrogens (tertiary/aromatic N) is 2. The average Bonchev–Trinajstić information content (AvgIpc) is 2.55. The Hall–Kier alpha value is -2.86. The maximum atomic E-state index is 9.26. The summed E-state index contributed by atoms with van der Waals surface area (Å²) in [5.41, 5.74) is 3.90. The van der Waals surface area contributed by atoms with Crippen LogP contribution in [-0.4, -0.2) is 11.5 Å². The molecule has 0 aliphatic carbocycles. The van der Waals surface area contributed by atoms with E-state index in [1.165, 1.54) is 0 Å². The zero-order valence-electron chi connectivity index (χ0n) is 11.8. The van der Waals surface area contributed by atoms with E-state index >= 15 is 0 Å². The van der Waals surface area contributed by atoms with Gasteiger partial charge in [-0.1, -0.05) is 30.3 Å². The molecule has 102 valence electrons. The molecule has 1 N–H and O–H groups in total. The fourth-order valence-electron chi connectivity index (χ4n) is 2.59. The highest BCUT2D eigenvalue weighted by molar-refractivity contribution is 6.01. The van der Waals surface area contributed by atoms with Crippen molar-refractivity contribution in [2.24, 2.45) is 0 Å². The number of benzene rings is 2. The second-order valence-corrected chi connectivity index (χ2v) is 4.77. The first-order valence-corrected chi connectivity index (χ1v) is 6.95. The van der Waals surface area contributed by atoms with Crippen LogP contribution in [0.1, 0.15) is 12.5 Å². The van der Waals surface area contributed by atoms with E-state index in [2.05, 4.69) is 23.3 Å². The lowest BCUT2D eigenvalue weighted by atomic mass is 9.95. The second kappa shape index (κ2) is 5.64. The van der Waals surface area contributed by atoms with E-state index in [9.17, 15) is 5.26 Å². The fourth-order valence-corrected chi connectivity index (χ4v) is 2.59. The van der Waals surface area contributed by atoms with Crippen LogP contribution < -0.4 is 5.32 Å². The molecule has 3 aromatic rings. The summed E-state index contributed by atoms with van der Waals surface area (Å²) < 4.78 is 0. The summed E-state index contributed by atoms with van der Waals surface area (Å²) >= 11 is 0. The lowest BCUT2D eigenvalue weighted by Gasteiger charge is -2.13. The molecule has 21 heavy (non-hydrogen) atoms. The average molecular weight is 273 g/mol. The molecule has 0 fully saturated rings. The topological polar surface area (TPSA) is 48.7 Å². The molecule has 0 saturated heterocycles. The fraction of sp³-hybridized carbons (Fsp3) is 0.111. The Balaban J connectivity index is 2.30.